The summed E-state index contributed by atoms with van der Waals surface area (Å²) in [5.74, 6) is -2.18. The Morgan fingerprint density at radius 2 is 1.85 bits per heavy atom. The van der Waals surface area contributed by atoms with E-state index in [0.717, 1.165) is 16.4 Å². The van der Waals surface area contributed by atoms with Crippen LogP contribution in [0.25, 0.3) is 0 Å². The van der Waals surface area contributed by atoms with Crippen LogP contribution in [0.1, 0.15) is 16.7 Å². The van der Waals surface area contributed by atoms with Crippen molar-refractivity contribution in [1.29, 1.82) is 0 Å². The second kappa shape index (κ2) is 12.2. The van der Waals surface area contributed by atoms with Crippen molar-refractivity contribution in [3.05, 3.63) is 88.1 Å². The molecular formula is C25H26ClF2N5O4S2. The van der Waals surface area contributed by atoms with Gasteiger partial charge in [0.25, 0.3) is 0 Å². The molecule has 2 aromatic carbocycles. The number of amides is 3. The molecule has 3 amide bonds. The van der Waals surface area contributed by atoms with Gasteiger partial charge in [-0.05, 0) is 66.4 Å². The summed E-state index contributed by atoms with van der Waals surface area (Å²) in [4.78, 5) is 31.6. The van der Waals surface area contributed by atoms with Gasteiger partial charge in [-0.1, -0.05) is 17.7 Å². The summed E-state index contributed by atoms with van der Waals surface area (Å²) in [7, 11) is -2.91. The lowest BCUT2D eigenvalue weighted by Crippen LogP contribution is -2.54. The molecule has 39 heavy (non-hydrogen) atoms. The SMILES string of the molecule is Cc1cc(N(C)C(=O)[C@H](Cc2cc(F)cc(F)c2)NC(=O)NS(=O)(=O)N2CCc3cccnc32)ccc1Cl.S. The molecule has 0 bridgehead atoms. The van der Waals surface area contributed by atoms with E-state index in [1.165, 1.54) is 18.1 Å². The average Bonchev–Trinajstić information content (AvgIpc) is 3.29. The first-order chi connectivity index (χ1) is 17.9. The number of nitrogens with zero attached hydrogens (tertiary/aromatic N) is 3. The molecule has 2 heterocycles. The molecule has 1 atom stereocenters. The molecule has 4 rings (SSSR count). The van der Waals surface area contributed by atoms with Gasteiger partial charge in [0.2, 0.25) is 5.91 Å². The van der Waals surface area contributed by atoms with E-state index < -0.39 is 39.8 Å². The molecule has 0 spiro atoms. The minimum Gasteiger partial charge on any atom is -0.325 e. The Hall–Kier alpha value is -3.42. The van der Waals surface area contributed by atoms with Crippen molar-refractivity contribution >= 4 is 58.7 Å². The molecule has 1 aliphatic rings. The maximum Gasteiger partial charge on any atom is 0.330 e. The lowest BCUT2D eigenvalue weighted by molar-refractivity contribution is -0.120. The maximum absolute atomic E-state index is 13.8. The van der Waals surface area contributed by atoms with Crippen LogP contribution in [0.15, 0.2) is 54.7 Å². The molecule has 0 radical (unpaired) electrons. The number of nitrogens with one attached hydrogen (secondary N) is 2. The fraction of sp³-hybridized carbons (Fsp3) is 0.240. The van der Waals surface area contributed by atoms with Crippen LogP contribution in [0.2, 0.25) is 5.02 Å². The summed E-state index contributed by atoms with van der Waals surface area (Å²) >= 11 is 6.08. The van der Waals surface area contributed by atoms with Gasteiger partial charge in [0.05, 0.1) is 0 Å². The number of fused-ring (bicyclic) bond motifs is 1. The van der Waals surface area contributed by atoms with Crippen molar-refractivity contribution in [3.8, 4) is 0 Å². The van der Waals surface area contributed by atoms with E-state index in [2.05, 4.69) is 10.3 Å². The first-order valence-corrected chi connectivity index (χ1v) is 13.3. The zero-order valence-electron chi connectivity index (χ0n) is 20.9. The van der Waals surface area contributed by atoms with Crippen LogP contribution in [0, 0.1) is 18.6 Å². The predicted octanol–water partition coefficient (Wildman–Crippen LogP) is 3.62. The minimum absolute atomic E-state index is 0. The van der Waals surface area contributed by atoms with Crippen molar-refractivity contribution in [2.45, 2.75) is 25.8 Å². The molecule has 9 nitrogen and oxygen atoms in total. The number of hydrogen-bond donors (Lipinski definition) is 2. The van der Waals surface area contributed by atoms with Crippen molar-refractivity contribution in [2.24, 2.45) is 0 Å². The summed E-state index contributed by atoms with van der Waals surface area (Å²) in [6, 6.07) is 8.42. The van der Waals surface area contributed by atoms with Crippen LogP contribution in [-0.4, -0.2) is 45.0 Å². The average molecular weight is 598 g/mol. The van der Waals surface area contributed by atoms with Gasteiger partial charge in [0.1, 0.15) is 23.5 Å². The highest BCUT2D eigenvalue weighted by atomic mass is 35.5. The van der Waals surface area contributed by atoms with Gasteiger partial charge in [-0.3, -0.25) is 4.79 Å². The predicted molar refractivity (Wildman–Crippen MR) is 150 cm³/mol. The number of rotatable bonds is 7. The van der Waals surface area contributed by atoms with Gasteiger partial charge < -0.3 is 10.2 Å². The Labute approximate surface area is 236 Å². The van der Waals surface area contributed by atoms with E-state index in [1.807, 2.05) is 4.72 Å². The molecule has 1 aliphatic heterocycles. The van der Waals surface area contributed by atoms with Crippen molar-refractivity contribution in [3.63, 3.8) is 0 Å². The molecule has 208 valence electrons. The number of anilines is 2. The number of urea groups is 1. The molecule has 3 aromatic rings. The Morgan fingerprint density at radius 1 is 1.15 bits per heavy atom. The summed E-state index contributed by atoms with van der Waals surface area (Å²) in [6.07, 6.45) is 1.54. The zero-order chi connectivity index (χ0) is 27.6. The topological polar surface area (TPSA) is 112 Å². The highest BCUT2D eigenvalue weighted by Gasteiger charge is 2.33. The minimum atomic E-state index is -4.36. The molecule has 0 unspecified atom stereocenters. The quantitative estimate of drug-likeness (QED) is 0.432. The standard InChI is InChI=1S/C25H24ClF2N5O4S.H2S/c1-15-10-20(5-6-21(15)26)32(2)24(34)22(13-16-11-18(27)14-19(28)12-16)30-25(35)31-38(36,37)33-9-7-17-4-3-8-29-23(17)33;/h3-6,8,10-12,14,22H,7,9,13H2,1-2H3,(H2,30,31,35);1H2/t22-;/m0./s1. The molecule has 2 N–H and O–H groups in total. The second-order valence-electron chi connectivity index (χ2n) is 8.75. The first-order valence-electron chi connectivity index (χ1n) is 11.5. The van der Waals surface area contributed by atoms with Gasteiger partial charge in [0.15, 0.2) is 0 Å². The van der Waals surface area contributed by atoms with E-state index in [0.29, 0.717) is 34.3 Å². The third-order valence-corrected chi connectivity index (χ3v) is 7.83. The Kier molecular flexibility index (Phi) is 9.41. The number of carbonyl (C=O) groups is 2. The molecule has 1 aromatic heterocycles. The van der Waals surface area contributed by atoms with Gasteiger partial charge in [-0.2, -0.15) is 21.9 Å². The largest absolute Gasteiger partial charge is 0.330 e. The van der Waals surface area contributed by atoms with Crippen molar-refractivity contribution < 1.29 is 26.8 Å². The van der Waals surface area contributed by atoms with Crippen molar-refractivity contribution in [1.82, 2.24) is 15.0 Å². The van der Waals surface area contributed by atoms with Gasteiger partial charge >= 0.3 is 16.2 Å². The van der Waals surface area contributed by atoms with Crippen LogP contribution in [0.3, 0.4) is 0 Å². The number of benzene rings is 2. The lowest BCUT2D eigenvalue weighted by Gasteiger charge is -2.26. The summed E-state index contributed by atoms with van der Waals surface area (Å²) in [5, 5.41) is 2.83. The van der Waals surface area contributed by atoms with Crippen LogP contribution in [0.4, 0.5) is 25.1 Å². The third kappa shape index (κ3) is 6.97. The van der Waals surface area contributed by atoms with Crippen LogP contribution in [0.5, 0.6) is 0 Å². The molecule has 0 saturated carbocycles. The number of aryl methyl sites for hydroxylation is 1. The molecule has 0 fully saturated rings. The van der Waals surface area contributed by atoms with Gasteiger partial charge in [-0.25, -0.2) is 27.6 Å². The van der Waals surface area contributed by atoms with E-state index in [4.69, 9.17) is 11.6 Å². The van der Waals surface area contributed by atoms with Crippen molar-refractivity contribution in [2.75, 3.05) is 22.8 Å². The van der Waals surface area contributed by atoms with Gasteiger partial charge in [0, 0.05) is 43.0 Å². The number of pyridine rings is 1. The van der Waals surface area contributed by atoms with E-state index >= 15 is 0 Å². The highest BCUT2D eigenvalue weighted by molar-refractivity contribution is 7.91. The Balaban J connectivity index is 0.00000420. The fourth-order valence-electron chi connectivity index (χ4n) is 4.13. The number of hydrogen-bond acceptors (Lipinski definition) is 5. The monoisotopic (exact) mass is 597 g/mol. The molecule has 0 aliphatic carbocycles. The fourth-order valence-corrected chi connectivity index (χ4v) is 5.38. The number of likely N-dealkylation sites (N-methyl/N-ethyl adjacent to an activating group) is 1. The zero-order valence-corrected chi connectivity index (χ0v) is 23.5. The molecule has 14 heteroatoms. The van der Waals surface area contributed by atoms with Crippen LogP contribution < -0.4 is 19.2 Å². The van der Waals surface area contributed by atoms with Crippen LogP contribution in [-0.2, 0) is 27.8 Å². The number of aromatic nitrogens is 1. The van der Waals surface area contributed by atoms with Gasteiger partial charge in [-0.15, -0.1) is 0 Å². The molecule has 0 saturated heterocycles. The summed E-state index contributed by atoms with van der Waals surface area (Å²) < 4.78 is 56.4. The smallest absolute Gasteiger partial charge is 0.325 e. The third-order valence-electron chi connectivity index (χ3n) is 6.02. The second-order valence-corrected chi connectivity index (χ2v) is 10.8. The van der Waals surface area contributed by atoms with E-state index in [9.17, 15) is 26.8 Å². The first kappa shape index (κ1) is 30.1. The normalized spacial score (nSPS) is 13.2. The van der Waals surface area contributed by atoms with Crippen LogP contribution >= 0.6 is 25.1 Å². The number of halogens is 3. The molecular weight excluding hydrogens is 572 g/mol. The number of carbonyl (C=O) groups excluding carboxylic acids is 2. The maximum atomic E-state index is 13.8. The van der Waals surface area contributed by atoms with E-state index in [-0.39, 0.29) is 37.8 Å². The highest BCUT2D eigenvalue weighted by Crippen LogP contribution is 2.27. The van der Waals surface area contributed by atoms with E-state index in [1.54, 1.807) is 37.3 Å². The lowest BCUT2D eigenvalue weighted by atomic mass is 10.0. The Bertz CT molecular complexity index is 1490. The summed E-state index contributed by atoms with van der Waals surface area (Å²) in [6.45, 7) is 1.83. The Morgan fingerprint density at radius 3 is 2.51 bits per heavy atom. The summed E-state index contributed by atoms with van der Waals surface area (Å²) in [5.41, 5.74) is 1.94.